The molecule has 4 heterocycles. The Morgan fingerprint density at radius 1 is 0.909 bits per heavy atom. The predicted molar refractivity (Wildman–Crippen MR) is 161 cm³/mol. The van der Waals surface area contributed by atoms with E-state index in [0.29, 0.717) is 27.8 Å². The number of nitrogens with zero attached hydrogens (tertiary/aromatic N) is 3. The highest BCUT2D eigenvalue weighted by molar-refractivity contribution is 7.90. The maximum Gasteiger partial charge on any atom is 0.269 e. The summed E-state index contributed by atoms with van der Waals surface area (Å²) in [5, 5.41) is 0.319. The summed E-state index contributed by atoms with van der Waals surface area (Å²) in [6.07, 6.45) is 4.17. The number of hydrogen-bond acceptors (Lipinski definition) is 6. The lowest BCUT2D eigenvalue weighted by molar-refractivity contribution is 0.0981. The van der Waals surface area contributed by atoms with Crippen molar-refractivity contribution in [3.8, 4) is 10.4 Å². The molecule has 0 unspecified atom stereocenters. The lowest BCUT2D eigenvalue weighted by Crippen LogP contribution is -2.26. The van der Waals surface area contributed by atoms with Crippen molar-refractivity contribution in [2.45, 2.75) is 24.3 Å². The Labute approximate surface area is 253 Å². The third-order valence-corrected chi connectivity index (χ3v) is 9.90. The zero-order valence-electron chi connectivity index (χ0n) is 22.8. The zero-order valence-corrected chi connectivity index (χ0v) is 24.4. The van der Waals surface area contributed by atoms with E-state index < -0.39 is 33.0 Å². The largest absolute Gasteiger partial charge is 0.310 e. The Morgan fingerprint density at radius 3 is 2.48 bits per heavy atom. The van der Waals surface area contributed by atoms with Gasteiger partial charge in [0.15, 0.2) is 23.1 Å². The fraction of sp³-hybridized carbons (Fsp3) is 0.0938. The maximum absolute atomic E-state index is 14.2. The molecule has 0 atom stereocenters. The van der Waals surface area contributed by atoms with E-state index in [2.05, 4.69) is 4.98 Å². The minimum atomic E-state index is -4.02. The quantitative estimate of drug-likeness (QED) is 0.171. The van der Waals surface area contributed by atoms with Crippen molar-refractivity contribution < 1.29 is 26.4 Å². The normalized spacial score (nSPS) is 11.7. The summed E-state index contributed by atoms with van der Waals surface area (Å²) in [7, 11) is -4.02. The number of carbonyl (C=O) groups excluding carboxylic acids is 1. The molecular weight excluding hydrogens is 611 g/mol. The molecule has 222 valence electrons. The van der Waals surface area contributed by atoms with Gasteiger partial charge in [0.2, 0.25) is 0 Å². The first kappa shape index (κ1) is 29.3. The molecule has 0 radical (unpaired) electrons. The van der Waals surface area contributed by atoms with Crippen molar-refractivity contribution in [1.82, 2.24) is 13.5 Å². The number of Topliss-reactive ketones (excluding diaryl/α,β-unsaturated/α-hetero) is 1. The number of fused-ring (bicyclic) bond motifs is 1. The Bertz CT molecular complexity index is 2210. The fourth-order valence-electron chi connectivity index (χ4n) is 4.88. The van der Waals surface area contributed by atoms with Crippen LogP contribution in [0, 0.1) is 17.5 Å². The van der Waals surface area contributed by atoms with Crippen molar-refractivity contribution in [2.75, 3.05) is 0 Å². The van der Waals surface area contributed by atoms with E-state index in [1.165, 1.54) is 58.6 Å². The van der Waals surface area contributed by atoms with Crippen LogP contribution in [0.15, 0.2) is 107 Å². The minimum absolute atomic E-state index is 0.0186. The van der Waals surface area contributed by atoms with Crippen molar-refractivity contribution >= 4 is 38.2 Å². The molecule has 0 amide bonds. The Kier molecular flexibility index (Phi) is 7.78. The van der Waals surface area contributed by atoms with E-state index >= 15 is 0 Å². The summed E-state index contributed by atoms with van der Waals surface area (Å²) >= 11 is 1.32. The average molecular weight is 634 g/mol. The number of halogens is 3. The molecule has 0 aliphatic rings. The second-order valence-electron chi connectivity index (χ2n) is 9.97. The number of aromatic nitrogens is 3. The lowest BCUT2D eigenvalue weighted by Gasteiger charge is -2.08. The summed E-state index contributed by atoms with van der Waals surface area (Å²) in [6.45, 7) is -0.0332. The summed E-state index contributed by atoms with van der Waals surface area (Å²) in [4.78, 5) is 31.6. The van der Waals surface area contributed by atoms with Crippen LogP contribution < -0.4 is 5.56 Å². The van der Waals surface area contributed by atoms with E-state index in [-0.39, 0.29) is 34.9 Å². The lowest BCUT2D eigenvalue weighted by atomic mass is 10.1. The fourth-order valence-corrected chi connectivity index (χ4v) is 7.25. The number of hydrogen-bond donors (Lipinski definition) is 0. The molecule has 6 aromatic rings. The van der Waals surface area contributed by atoms with Crippen molar-refractivity contribution in [3.63, 3.8) is 0 Å². The molecule has 0 bridgehead atoms. The van der Waals surface area contributed by atoms with Gasteiger partial charge in [-0.05, 0) is 66.6 Å². The van der Waals surface area contributed by atoms with Crippen LogP contribution in [0.5, 0.6) is 0 Å². The second kappa shape index (κ2) is 11.7. The monoisotopic (exact) mass is 633 g/mol. The van der Waals surface area contributed by atoms with Crippen LogP contribution in [0.1, 0.15) is 27.2 Å². The first-order valence-corrected chi connectivity index (χ1v) is 15.6. The molecule has 4 aromatic heterocycles. The van der Waals surface area contributed by atoms with Crippen LogP contribution >= 0.6 is 11.3 Å². The molecule has 0 aliphatic carbocycles. The number of carbonyl (C=O) groups is 1. The number of ketones is 1. The molecular formula is C32H22F3N3O4S2. The Morgan fingerprint density at radius 2 is 1.70 bits per heavy atom. The van der Waals surface area contributed by atoms with Crippen LogP contribution in [0.2, 0.25) is 0 Å². The van der Waals surface area contributed by atoms with Crippen LogP contribution in [0.4, 0.5) is 13.2 Å². The smallest absolute Gasteiger partial charge is 0.269 e. The van der Waals surface area contributed by atoms with Crippen molar-refractivity contribution in [3.05, 3.63) is 141 Å². The molecule has 44 heavy (non-hydrogen) atoms. The van der Waals surface area contributed by atoms with Gasteiger partial charge in [-0.15, -0.1) is 11.3 Å². The topological polar surface area (TPSA) is 91.0 Å². The van der Waals surface area contributed by atoms with Crippen LogP contribution in [0.25, 0.3) is 21.5 Å². The van der Waals surface area contributed by atoms with Gasteiger partial charge >= 0.3 is 0 Å². The van der Waals surface area contributed by atoms with Gasteiger partial charge < -0.3 is 4.57 Å². The molecule has 0 fully saturated rings. The maximum atomic E-state index is 14.2. The third kappa shape index (κ3) is 5.61. The zero-order chi connectivity index (χ0) is 31.0. The van der Waals surface area contributed by atoms with Gasteiger partial charge in [0.1, 0.15) is 5.82 Å². The first-order chi connectivity index (χ1) is 21.1. The van der Waals surface area contributed by atoms with Gasteiger partial charge in [-0.2, -0.15) is 0 Å². The molecule has 0 saturated carbocycles. The van der Waals surface area contributed by atoms with Gasteiger partial charge in [0, 0.05) is 39.5 Å². The molecule has 0 aliphatic heterocycles. The van der Waals surface area contributed by atoms with Crippen LogP contribution in [-0.2, 0) is 23.0 Å². The van der Waals surface area contributed by atoms with E-state index in [0.717, 1.165) is 27.2 Å². The predicted octanol–water partition coefficient (Wildman–Crippen LogP) is 6.44. The molecule has 6 rings (SSSR count). The molecule has 0 spiro atoms. The second-order valence-corrected chi connectivity index (χ2v) is 13.0. The highest BCUT2D eigenvalue weighted by Crippen LogP contribution is 2.36. The van der Waals surface area contributed by atoms with Gasteiger partial charge in [-0.25, -0.2) is 30.5 Å². The summed E-state index contributed by atoms with van der Waals surface area (Å²) in [5.41, 5.74) is 0.352. The standard InChI is InChI=1S/C32H22F3N3O4S2/c33-21-16-25-26(19-38(31(25)36-17-21)44(41,42)23-5-2-1-3-6-23)30-13-10-22(43-30)9-12-29(39)24-7-4-14-37(32(24)40)18-20-8-11-27(34)28(35)15-20/h1-8,10-11,13-17,19H,9,12,18H2. The summed E-state index contributed by atoms with van der Waals surface area (Å²) in [5.74, 6) is -3.02. The van der Waals surface area contributed by atoms with Crippen LogP contribution in [-0.4, -0.2) is 27.7 Å². The van der Waals surface area contributed by atoms with E-state index in [1.54, 1.807) is 36.4 Å². The van der Waals surface area contributed by atoms with Crippen molar-refractivity contribution in [1.29, 1.82) is 0 Å². The molecule has 0 N–H and O–H groups in total. The molecule has 7 nitrogen and oxygen atoms in total. The third-order valence-electron chi connectivity index (χ3n) is 7.06. The van der Waals surface area contributed by atoms with Gasteiger partial charge in [0.25, 0.3) is 15.6 Å². The van der Waals surface area contributed by atoms with Gasteiger partial charge in [-0.3, -0.25) is 9.59 Å². The highest BCUT2D eigenvalue weighted by atomic mass is 32.2. The molecule has 2 aromatic carbocycles. The summed E-state index contributed by atoms with van der Waals surface area (Å²) in [6, 6.07) is 19.0. The number of pyridine rings is 2. The molecule has 12 heteroatoms. The van der Waals surface area contributed by atoms with E-state index in [4.69, 9.17) is 0 Å². The number of benzene rings is 2. The summed E-state index contributed by atoms with van der Waals surface area (Å²) < 4.78 is 70.3. The first-order valence-electron chi connectivity index (χ1n) is 13.3. The minimum Gasteiger partial charge on any atom is -0.310 e. The highest BCUT2D eigenvalue weighted by Gasteiger charge is 2.24. The Balaban J connectivity index is 1.24. The Hall–Kier alpha value is -4.81. The van der Waals surface area contributed by atoms with Crippen LogP contribution in [0.3, 0.4) is 0 Å². The average Bonchev–Trinajstić information content (AvgIpc) is 3.64. The van der Waals surface area contributed by atoms with Gasteiger partial charge in [0.05, 0.1) is 23.2 Å². The van der Waals surface area contributed by atoms with Crippen molar-refractivity contribution in [2.24, 2.45) is 0 Å². The number of rotatable bonds is 9. The number of aryl methyl sites for hydroxylation is 1. The number of thiophene rings is 1. The van der Waals surface area contributed by atoms with Gasteiger partial charge in [-0.1, -0.05) is 24.3 Å². The SMILES string of the molecule is O=C(CCc1ccc(-c2cn(S(=O)(=O)c3ccccc3)c3ncc(F)cc23)s1)c1cccn(Cc2ccc(F)c(F)c2)c1=O. The van der Waals surface area contributed by atoms with E-state index in [9.17, 15) is 31.2 Å². The molecule has 0 saturated heterocycles. The van der Waals surface area contributed by atoms with E-state index in [1.807, 2.05) is 0 Å².